The molecule has 108 valence electrons. The minimum absolute atomic E-state index is 0.264. The van der Waals surface area contributed by atoms with Crippen LogP contribution in [0.4, 0.5) is 11.9 Å². The van der Waals surface area contributed by atoms with E-state index in [1.165, 1.54) is 0 Å². The molecule has 0 aromatic carbocycles. The Hall–Kier alpha value is -1.89. The number of aromatic nitrogens is 4. The van der Waals surface area contributed by atoms with Gasteiger partial charge in [-0.1, -0.05) is 6.92 Å². The van der Waals surface area contributed by atoms with Crippen LogP contribution < -0.4 is 16.8 Å². The van der Waals surface area contributed by atoms with Crippen molar-refractivity contribution in [2.45, 2.75) is 51.1 Å². The first-order valence-corrected chi connectivity index (χ1v) is 7.19. The van der Waals surface area contributed by atoms with E-state index in [1.54, 1.807) is 4.52 Å². The third kappa shape index (κ3) is 2.40. The van der Waals surface area contributed by atoms with Crippen molar-refractivity contribution in [3.8, 4) is 0 Å². The molecule has 2 atom stereocenters. The molecule has 7 nitrogen and oxygen atoms in total. The monoisotopic (exact) mass is 275 g/mol. The van der Waals surface area contributed by atoms with Crippen LogP contribution in [0.25, 0.3) is 5.65 Å². The maximum absolute atomic E-state index is 6.03. The van der Waals surface area contributed by atoms with Crippen LogP contribution >= 0.6 is 0 Å². The van der Waals surface area contributed by atoms with Crippen LogP contribution in [0.15, 0.2) is 6.20 Å². The fourth-order valence-corrected chi connectivity index (χ4v) is 2.82. The Kier molecular flexibility index (Phi) is 3.43. The van der Waals surface area contributed by atoms with Crippen LogP contribution in [-0.4, -0.2) is 31.7 Å². The molecule has 0 amide bonds. The van der Waals surface area contributed by atoms with Gasteiger partial charge in [0.05, 0.1) is 6.20 Å². The van der Waals surface area contributed by atoms with Crippen molar-refractivity contribution in [3.05, 3.63) is 11.8 Å². The Bertz CT molecular complexity index is 606. The molecule has 1 fully saturated rings. The standard InChI is InChI=1S/C13H21N7/c1-2-8-7-16-20-11(8)18-12(15)19-13(20)17-10-5-3-4-9(14)6-10/h7,9-10H,2-6,14H2,1H3,(H3,15,17,18,19). The lowest BCUT2D eigenvalue weighted by atomic mass is 9.92. The molecule has 0 spiro atoms. The van der Waals surface area contributed by atoms with Crippen LogP contribution in [0.2, 0.25) is 0 Å². The summed E-state index contributed by atoms with van der Waals surface area (Å²) in [6, 6.07) is 0.588. The zero-order valence-corrected chi connectivity index (χ0v) is 11.7. The van der Waals surface area contributed by atoms with Crippen LogP contribution in [0.3, 0.4) is 0 Å². The molecule has 5 N–H and O–H groups in total. The number of nitrogens with zero attached hydrogens (tertiary/aromatic N) is 4. The van der Waals surface area contributed by atoms with Gasteiger partial charge in [-0.25, -0.2) is 0 Å². The van der Waals surface area contributed by atoms with Gasteiger partial charge in [0.2, 0.25) is 11.9 Å². The van der Waals surface area contributed by atoms with Crippen molar-refractivity contribution in [1.82, 2.24) is 19.6 Å². The van der Waals surface area contributed by atoms with Crippen LogP contribution in [0, 0.1) is 0 Å². The quantitative estimate of drug-likeness (QED) is 0.770. The molecule has 2 aromatic rings. The maximum Gasteiger partial charge on any atom is 0.229 e. The summed E-state index contributed by atoms with van der Waals surface area (Å²) in [7, 11) is 0. The smallest absolute Gasteiger partial charge is 0.229 e. The van der Waals surface area contributed by atoms with Gasteiger partial charge in [0.15, 0.2) is 5.65 Å². The van der Waals surface area contributed by atoms with E-state index in [0.717, 1.165) is 43.3 Å². The van der Waals surface area contributed by atoms with Gasteiger partial charge in [0.1, 0.15) is 0 Å². The second-order valence-electron chi connectivity index (χ2n) is 5.43. The highest BCUT2D eigenvalue weighted by atomic mass is 15.4. The molecular formula is C13H21N7. The van der Waals surface area contributed by atoms with Crippen molar-refractivity contribution in [2.24, 2.45) is 5.73 Å². The zero-order chi connectivity index (χ0) is 14.1. The summed E-state index contributed by atoms with van der Waals surface area (Å²) >= 11 is 0. The number of nitrogens with one attached hydrogen (secondary N) is 1. The Labute approximate surface area is 117 Å². The van der Waals surface area contributed by atoms with E-state index in [2.05, 4.69) is 27.3 Å². The van der Waals surface area contributed by atoms with E-state index < -0.39 is 0 Å². The van der Waals surface area contributed by atoms with Gasteiger partial charge < -0.3 is 16.8 Å². The van der Waals surface area contributed by atoms with E-state index in [9.17, 15) is 0 Å². The lowest BCUT2D eigenvalue weighted by Gasteiger charge is -2.27. The normalized spacial score (nSPS) is 23.1. The molecule has 2 heterocycles. The summed E-state index contributed by atoms with van der Waals surface area (Å²) < 4.78 is 1.73. The number of nitrogens with two attached hydrogens (primary N) is 2. The highest BCUT2D eigenvalue weighted by molar-refractivity contribution is 5.53. The lowest BCUT2D eigenvalue weighted by Crippen LogP contribution is -2.35. The maximum atomic E-state index is 6.03. The van der Waals surface area contributed by atoms with Crippen molar-refractivity contribution in [2.75, 3.05) is 11.1 Å². The highest BCUT2D eigenvalue weighted by Gasteiger charge is 2.21. The number of rotatable bonds is 3. The number of fused-ring (bicyclic) bond motifs is 1. The van der Waals surface area contributed by atoms with Gasteiger partial charge in [-0.2, -0.15) is 19.6 Å². The second-order valence-corrected chi connectivity index (χ2v) is 5.43. The predicted molar refractivity (Wildman–Crippen MR) is 78.4 cm³/mol. The molecule has 0 saturated heterocycles. The molecule has 20 heavy (non-hydrogen) atoms. The molecule has 0 radical (unpaired) electrons. The summed E-state index contributed by atoms with van der Waals surface area (Å²) in [5.41, 5.74) is 13.7. The molecule has 2 aromatic heterocycles. The lowest BCUT2D eigenvalue weighted by molar-refractivity contribution is 0.407. The average Bonchev–Trinajstić information content (AvgIpc) is 2.81. The molecule has 7 heteroatoms. The number of aryl methyl sites for hydroxylation is 1. The van der Waals surface area contributed by atoms with Crippen LogP contribution in [0.5, 0.6) is 0 Å². The minimum atomic E-state index is 0.264. The van der Waals surface area contributed by atoms with Crippen molar-refractivity contribution in [3.63, 3.8) is 0 Å². The molecule has 1 aliphatic carbocycles. The molecular weight excluding hydrogens is 254 g/mol. The molecule has 0 bridgehead atoms. The summed E-state index contributed by atoms with van der Waals surface area (Å²) in [5, 5.41) is 7.78. The first kappa shape index (κ1) is 13.1. The fraction of sp³-hybridized carbons (Fsp3) is 0.615. The Morgan fingerprint density at radius 1 is 1.40 bits per heavy atom. The Morgan fingerprint density at radius 2 is 2.25 bits per heavy atom. The van der Waals surface area contributed by atoms with Gasteiger partial charge in [-0.15, -0.1) is 0 Å². The van der Waals surface area contributed by atoms with E-state index in [-0.39, 0.29) is 12.0 Å². The third-order valence-electron chi connectivity index (χ3n) is 3.89. The van der Waals surface area contributed by atoms with Gasteiger partial charge >= 0.3 is 0 Å². The first-order valence-electron chi connectivity index (χ1n) is 7.19. The molecule has 0 aliphatic heterocycles. The van der Waals surface area contributed by atoms with E-state index in [0.29, 0.717) is 12.0 Å². The fourth-order valence-electron chi connectivity index (χ4n) is 2.82. The number of anilines is 2. The Morgan fingerprint density at radius 3 is 3.00 bits per heavy atom. The SMILES string of the molecule is CCc1cnn2c(NC3CCCC(N)C3)nc(N)nc12. The minimum Gasteiger partial charge on any atom is -0.368 e. The zero-order valence-electron chi connectivity index (χ0n) is 11.7. The van der Waals surface area contributed by atoms with Crippen molar-refractivity contribution >= 4 is 17.5 Å². The van der Waals surface area contributed by atoms with Crippen molar-refractivity contribution < 1.29 is 0 Å². The van der Waals surface area contributed by atoms with Crippen LogP contribution in [0.1, 0.15) is 38.2 Å². The summed E-state index contributed by atoms with van der Waals surface area (Å²) in [4.78, 5) is 8.56. The average molecular weight is 275 g/mol. The van der Waals surface area contributed by atoms with Gasteiger partial charge in [0.25, 0.3) is 0 Å². The molecule has 1 aliphatic rings. The number of nitrogen functional groups attached to an aromatic ring is 1. The van der Waals surface area contributed by atoms with E-state index in [4.69, 9.17) is 11.5 Å². The van der Waals surface area contributed by atoms with Crippen LogP contribution in [-0.2, 0) is 6.42 Å². The van der Waals surface area contributed by atoms with E-state index >= 15 is 0 Å². The summed E-state index contributed by atoms with van der Waals surface area (Å²) in [5.74, 6) is 0.932. The Balaban J connectivity index is 1.92. The molecule has 2 unspecified atom stereocenters. The first-order chi connectivity index (χ1) is 9.67. The number of hydrogen-bond acceptors (Lipinski definition) is 6. The summed E-state index contributed by atoms with van der Waals surface area (Å²) in [6.07, 6.45) is 6.98. The third-order valence-corrected chi connectivity index (χ3v) is 3.89. The van der Waals surface area contributed by atoms with E-state index in [1.807, 2.05) is 6.20 Å². The van der Waals surface area contributed by atoms with Gasteiger partial charge in [0, 0.05) is 17.6 Å². The largest absolute Gasteiger partial charge is 0.368 e. The molecule has 1 saturated carbocycles. The topological polar surface area (TPSA) is 107 Å². The second kappa shape index (κ2) is 5.24. The van der Waals surface area contributed by atoms with Gasteiger partial charge in [-0.05, 0) is 32.1 Å². The highest BCUT2D eigenvalue weighted by Crippen LogP contribution is 2.21. The van der Waals surface area contributed by atoms with Crippen molar-refractivity contribution in [1.29, 1.82) is 0 Å². The predicted octanol–water partition coefficient (Wildman–Crippen LogP) is 0.951. The summed E-state index contributed by atoms with van der Waals surface area (Å²) in [6.45, 7) is 2.07. The number of hydrogen-bond donors (Lipinski definition) is 3. The van der Waals surface area contributed by atoms with Gasteiger partial charge in [-0.3, -0.25) is 0 Å². The molecule has 3 rings (SSSR count).